The first-order valence-electron chi connectivity index (χ1n) is 8.49. The summed E-state index contributed by atoms with van der Waals surface area (Å²) in [6.07, 6.45) is 1.48. The molecule has 5 nitrogen and oxygen atoms in total. The van der Waals surface area contributed by atoms with Gasteiger partial charge in [-0.3, -0.25) is 4.79 Å². The van der Waals surface area contributed by atoms with Crippen molar-refractivity contribution in [2.45, 2.75) is 6.92 Å². The molecule has 3 aromatic rings. The molecule has 0 aliphatic heterocycles. The molecule has 0 spiro atoms. The smallest absolute Gasteiger partial charge is 0.343 e. The van der Waals surface area contributed by atoms with Crippen LogP contribution in [0.2, 0.25) is 5.02 Å². The fourth-order valence-electron chi connectivity index (χ4n) is 2.35. The number of carbonyl (C=O) groups excluding carboxylic acids is 2. The number of esters is 1. The van der Waals surface area contributed by atoms with Crippen LogP contribution in [0.3, 0.4) is 0 Å². The number of aryl methyl sites for hydroxylation is 1. The predicted octanol–water partition coefficient (Wildman–Crippen LogP) is 4.63. The highest BCUT2D eigenvalue weighted by Gasteiger charge is 2.08. The summed E-state index contributed by atoms with van der Waals surface area (Å²) in [5.41, 5.74) is 5.13. The van der Waals surface area contributed by atoms with Gasteiger partial charge in [0.2, 0.25) is 0 Å². The van der Waals surface area contributed by atoms with Crippen molar-refractivity contribution in [3.8, 4) is 5.75 Å². The van der Waals surface area contributed by atoms with Gasteiger partial charge in [-0.15, -0.1) is 0 Å². The van der Waals surface area contributed by atoms with Gasteiger partial charge in [-0.2, -0.15) is 5.10 Å². The van der Waals surface area contributed by atoms with Crippen LogP contribution in [0.5, 0.6) is 5.75 Å². The Bertz CT molecular complexity index is 1010. The molecule has 0 aliphatic rings. The third-order valence-electron chi connectivity index (χ3n) is 3.84. The van der Waals surface area contributed by atoms with E-state index in [-0.39, 0.29) is 5.91 Å². The van der Waals surface area contributed by atoms with E-state index in [0.29, 0.717) is 27.5 Å². The van der Waals surface area contributed by atoms with Gasteiger partial charge in [0.05, 0.1) is 11.8 Å². The maximum absolute atomic E-state index is 12.2. The minimum absolute atomic E-state index is 0.304. The summed E-state index contributed by atoms with van der Waals surface area (Å²) in [6.45, 7) is 1.95. The van der Waals surface area contributed by atoms with Crippen LogP contribution >= 0.6 is 11.6 Å². The Hall–Kier alpha value is -3.44. The van der Waals surface area contributed by atoms with E-state index in [1.54, 1.807) is 60.7 Å². The molecule has 140 valence electrons. The normalized spacial score (nSPS) is 10.6. The number of rotatable bonds is 5. The van der Waals surface area contributed by atoms with Crippen molar-refractivity contribution in [2.24, 2.45) is 5.10 Å². The molecule has 0 saturated heterocycles. The topological polar surface area (TPSA) is 67.8 Å². The average molecular weight is 393 g/mol. The van der Waals surface area contributed by atoms with Crippen LogP contribution in [0.1, 0.15) is 31.8 Å². The Morgan fingerprint density at radius 2 is 1.64 bits per heavy atom. The van der Waals surface area contributed by atoms with Crippen molar-refractivity contribution in [1.29, 1.82) is 0 Å². The summed E-state index contributed by atoms with van der Waals surface area (Å²) in [5.74, 6) is -0.422. The molecular formula is C22H17ClN2O3. The molecule has 0 aromatic heterocycles. The molecule has 28 heavy (non-hydrogen) atoms. The zero-order valence-electron chi connectivity index (χ0n) is 15.1. The van der Waals surface area contributed by atoms with Gasteiger partial charge in [-0.25, -0.2) is 10.2 Å². The molecule has 3 rings (SSSR count). The summed E-state index contributed by atoms with van der Waals surface area (Å²) < 4.78 is 5.36. The van der Waals surface area contributed by atoms with Crippen LogP contribution in [-0.4, -0.2) is 18.1 Å². The molecule has 0 saturated carbocycles. The number of benzene rings is 3. The van der Waals surface area contributed by atoms with E-state index < -0.39 is 5.97 Å². The number of ether oxygens (including phenoxy) is 1. The highest BCUT2D eigenvalue weighted by atomic mass is 35.5. The molecule has 6 heteroatoms. The standard InChI is InChI=1S/C22H17ClN2O3/c1-15-5-7-17(8-6-15)21(26)25-24-14-16-3-2-4-20(13-16)28-22(27)18-9-11-19(23)12-10-18/h2-14H,1H3,(H,25,26)/b24-14+. The lowest BCUT2D eigenvalue weighted by Gasteiger charge is -2.05. The zero-order valence-corrected chi connectivity index (χ0v) is 15.8. The van der Waals surface area contributed by atoms with E-state index in [0.717, 1.165) is 5.56 Å². The first-order chi connectivity index (χ1) is 13.5. The first-order valence-corrected chi connectivity index (χ1v) is 8.87. The van der Waals surface area contributed by atoms with Crippen LogP contribution in [0.15, 0.2) is 77.9 Å². The number of halogens is 1. The Balaban J connectivity index is 1.61. The van der Waals surface area contributed by atoms with Crippen molar-refractivity contribution >= 4 is 29.7 Å². The Morgan fingerprint density at radius 3 is 2.36 bits per heavy atom. The van der Waals surface area contributed by atoms with Crippen LogP contribution in [-0.2, 0) is 0 Å². The maximum atomic E-state index is 12.2. The molecule has 0 fully saturated rings. The van der Waals surface area contributed by atoms with E-state index in [1.165, 1.54) is 6.21 Å². The molecule has 0 bridgehead atoms. The van der Waals surface area contributed by atoms with Crippen molar-refractivity contribution in [1.82, 2.24) is 5.43 Å². The van der Waals surface area contributed by atoms with Crippen molar-refractivity contribution < 1.29 is 14.3 Å². The van der Waals surface area contributed by atoms with Gasteiger partial charge in [0.15, 0.2) is 0 Å². The van der Waals surface area contributed by atoms with Gasteiger partial charge in [0.25, 0.3) is 5.91 Å². The van der Waals surface area contributed by atoms with Crippen LogP contribution in [0.4, 0.5) is 0 Å². The predicted molar refractivity (Wildman–Crippen MR) is 109 cm³/mol. The quantitative estimate of drug-likeness (QED) is 0.298. The van der Waals surface area contributed by atoms with Crippen LogP contribution < -0.4 is 10.2 Å². The molecule has 0 heterocycles. The number of nitrogens with one attached hydrogen (secondary N) is 1. The van der Waals surface area contributed by atoms with Crippen molar-refractivity contribution in [3.63, 3.8) is 0 Å². The maximum Gasteiger partial charge on any atom is 0.343 e. The third kappa shape index (κ3) is 5.28. The lowest BCUT2D eigenvalue weighted by molar-refractivity contribution is 0.0734. The second-order valence-corrected chi connectivity index (χ2v) is 6.47. The molecule has 3 aromatic carbocycles. The number of hydrogen-bond acceptors (Lipinski definition) is 4. The second-order valence-electron chi connectivity index (χ2n) is 6.03. The van der Waals surface area contributed by atoms with E-state index >= 15 is 0 Å². The molecular weight excluding hydrogens is 376 g/mol. The van der Waals surface area contributed by atoms with E-state index in [1.807, 2.05) is 19.1 Å². The molecule has 0 aliphatic carbocycles. The van der Waals surface area contributed by atoms with Gasteiger partial charge in [0, 0.05) is 10.6 Å². The monoisotopic (exact) mass is 392 g/mol. The molecule has 0 atom stereocenters. The molecule has 1 amide bonds. The Labute approximate surface area is 167 Å². The highest BCUT2D eigenvalue weighted by molar-refractivity contribution is 6.30. The third-order valence-corrected chi connectivity index (χ3v) is 4.09. The summed E-state index contributed by atoms with van der Waals surface area (Å²) in [7, 11) is 0. The summed E-state index contributed by atoms with van der Waals surface area (Å²) in [5, 5.41) is 4.49. The van der Waals surface area contributed by atoms with Crippen LogP contribution in [0.25, 0.3) is 0 Å². The van der Waals surface area contributed by atoms with Crippen LogP contribution in [0, 0.1) is 6.92 Å². The number of amides is 1. The SMILES string of the molecule is Cc1ccc(C(=O)N/N=C/c2cccc(OC(=O)c3ccc(Cl)cc3)c2)cc1. The zero-order chi connectivity index (χ0) is 19.9. The van der Waals surface area contributed by atoms with Crippen molar-refractivity contribution in [3.05, 3.63) is 100 Å². The van der Waals surface area contributed by atoms with E-state index in [2.05, 4.69) is 10.5 Å². The van der Waals surface area contributed by atoms with E-state index in [9.17, 15) is 9.59 Å². The summed E-state index contributed by atoms with van der Waals surface area (Å²) in [6, 6.07) is 20.4. The van der Waals surface area contributed by atoms with Gasteiger partial charge in [0.1, 0.15) is 5.75 Å². The summed E-state index contributed by atoms with van der Waals surface area (Å²) >= 11 is 5.82. The number of carbonyl (C=O) groups is 2. The molecule has 0 unspecified atom stereocenters. The second kappa shape index (κ2) is 8.97. The highest BCUT2D eigenvalue weighted by Crippen LogP contribution is 2.16. The Kier molecular flexibility index (Phi) is 6.19. The summed E-state index contributed by atoms with van der Waals surface area (Å²) in [4.78, 5) is 24.2. The van der Waals surface area contributed by atoms with Gasteiger partial charge in [-0.05, 0) is 61.0 Å². The van der Waals surface area contributed by atoms with Gasteiger partial charge in [-0.1, -0.05) is 41.4 Å². The fraction of sp³-hybridized carbons (Fsp3) is 0.0455. The largest absolute Gasteiger partial charge is 0.423 e. The van der Waals surface area contributed by atoms with E-state index in [4.69, 9.17) is 16.3 Å². The minimum Gasteiger partial charge on any atom is -0.423 e. The lowest BCUT2D eigenvalue weighted by Crippen LogP contribution is -2.17. The number of hydrazone groups is 1. The molecule has 0 radical (unpaired) electrons. The average Bonchev–Trinajstić information content (AvgIpc) is 2.69. The number of hydrogen-bond donors (Lipinski definition) is 1. The lowest BCUT2D eigenvalue weighted by atomic mass is 10.1. The van der Waals surface area contributed by atoms with Gasteiger partial charge < -0.3 is 4.74 Å². The van der Waals surface area contributed by atoms with Gasteiger partial charge >= 0.3 is 5.97 Å². The minimum atomic E-state index is -0.488. The molecule has 1 N–H and O–H groups in total. The fourth-order valence-corrected chi connectivity index (χ4v) is 2.47. The van der Waals surface area contributed by atoms with Crippen molar-refractivity contribution in [2.75, 3.05) is 0 Å². The first kappa shape index (κ1) is 19.3. The Morgan fingerprint density at radius 1 is 0.964 bits per heavy atom. The number of nitrogens with zero attached hydrogens (tertiary/aromatic N) is 1.